The highest BCUT2D eigenvalue weighted by atomic mass is 16.5. The van der Waals surface area contributed by atoms with E-state index >= 15 is 0 Å². The minimum Gasteiger partial charge on any atom is -0.492 e. The van der Waals surface area contributed by atoms with Gasteiger partial charge in [0.05, 0.1) is 24.9 Å². The second-order valence-electron chi connectivity index (χ2n) is 4.68. The zero-order valence-electron chi connectivity index (χ0n) is 12.5. The second-order valence-corrected chi connectivity index (χ2v) is 4.68. The van der Waals surface area contributed by atoms with Crippen LogP contribution in [0, 0.1) is 0 Å². The molecule has 4 heteroatoms. The molecule has 0 aliphatic heterocycles. The van der Waals surface area contributed by atoms with E-state index in [0.29, 0.717) is 0 Å². The summed E-state index contributed by atoms with van der Waals surface area (Å²) in [6, 6.07) is 2.19. The van der Waals surface area contributed by atoms with Crippen molar-refractivity contribution in [3.63, 3.8) is 0 Å². The van der Waals surface area contributed by atoms with E-state index < -0.39 is 0 Å². The van der Waals surface area contributed by atoms with Crippen molar-refractivity contribution >= 4 is 0 Å². The number of aromatic nitrogens is 1. The van der Waals surface area contributed by atoms with Crippen molar-refractivity contribution in [3.8, 4) is 5.75 Å². The summed E-state index contributed by atoms with van der Waals surface area (Å²) >= 11 is 0. The Kier molecular flexibility index (Phi) is 7.45. The highest BCUT2D eigenvalue weighted by Crippen LogP contribution is 2.22. The van der Waals surface area contributed by atoms with Gasteiger partial charge in [-0.25, -0.2) is 0 Å². The average Bonchev–Trinajstić information content (AvgIpc) is 2.45. The third-order valence-corrected chi connectivity index (χ3v) is 3.02. The Balaban J connectivity index is 2.81. The van der Waals surface area contributed by atoms with Crippen molar-refractivity contribution in [1.29, 1.82) is 0 Å². The van der Waals surface area contributed by atoms with Gasteiger partial charge < -0.3 is 14.8 Å². The molecule has 0 amide bonds. The van der Waals surface area contributed by atoms with Gasteiger partial charge >= 0.3 is 0 Å². The van der Waals surface area contributed by atoms with E-state index in [4.69, 9.17) is 9.47 Å². The number of pyridine rings is 1. The molecule has 0 aliphatic rings. The number of ether oxygens (including phenoxy) is 2. The van der Waals surface area contributed by atoms with Crippen LogP contribution in [0.3, 0.4) is 0 Å². The summed E-state index contributed by atoms with van der Waals surface area (Å²) in [6.45, 7) is 7.99. The first kappa shape index (κ1) is 15.9. The standard InChI is InChI=1S/C15H26N2O2/c1-5-7-17-15(12(3)18-4)13-9-14(11-16-10-13)19-8-6-2/h9-12,15,17H,5-8H2,1-4H3. The molecule has 1 N–H and O–H groups in total. The summed E-state index contributed by atoms with van der Waals surface area (Å²) in [5.74, 6) is 0.825. The maximum absolute atomic E-state index is 5.63. The van der Waals surface area contributed by atoms with E-state index in [2.05, 4.69) is 31.1 Å². The van der Waals surface area contributed by atoms with Gasteiger partial charge in [-0.05, 0) is 37.9 Å². The number of methoxy groups -OCH3 is 1. The van der Waals surface area contributed by atoms with Crippen molar-refractivity contribution in [2.45, 2.75) is 45.8 Å². The van der Waals surface area contributed by atoms with Crippen LogP contribution in [0.15, 0.2) is 18.5 Å². The molecule has 108 valence electrons. The number of nitrogens with one attached hydrogen (secondary N) is 1. The number of hydrogen-bond donors (Lipinski definition) is 1. The van der Waals surface area contributed by atoms with Crippen molar-refractivity contribution < 1.29 is 9.47 Å². The lowest BCUT2D eigenvalue weighted by Gasteiger charge is -2.24. The van der Waals surface area contributed by atoms with Crippen LogP contribution in [-0.4, -0.2) is 31.3 Å². The van der Waals surface area contributed by atoms with Crippen molar-refractivity contribution in [3.05, 3.63) is 24.0 Å². The summed E-state index contributed by atoms with van der Waals surface area (Å²) in [7, 11) is 1.73. The first-order valence-electron chi connectivity index (χ1n) is 7.06. The molecule has 0 spiro atoms. The fourth-order valence-electron chi connectivity index (χ4n) is 1.90. The molecule has 0 aliphatic carbocycles. The summed E-state index contributed by atoms with van der Waals surface area (Å²) in [5, 5.41) is 3.50. The molecule has 4 nitrogen and oxygen atoms in total. The first-order chi connectivity index (χ1) is 9.22. The van der Waals surface area contributed by atoms with E-state index in [1.54, 1.807) is 13.3 Å². The topological polar surface area (TPSA) is 43.4 Å². The molecule has 0 saturated carbocycles. The van der Waals surface area contributed by atoms with Crippen LogP contribution in [0.5, 0.6) is 5.75 Å². The van der Waals surface area contributed by atoms with Gasteiger partial charge in [-0.1, -0.05) is 13.8 Å². The van der Waals surface area contributed by atoms with Crippen LogP contribution in [0.25, 0.3) is 0 Å². The molecule has 0 fully saturated rings. The van der Waals surface area contributed by atoms with Crippen LogP contribution < -0.4 is 10.1 Å². The molecule has 2 atom stereocenters. The molecule has 1 rings (SSSR count). The molecule has 2 unspecified atom stereocenters. The maximum Gasteiger partial charge on any atom is 0.137 e. The Morgan fingerprint density at radius 3 is 2.68 bits per heavy atom. The minimum absolute atomic E-state index is 0.0924. The monoisotopic (exact) mass is 266 g/mol. The van der Waals surface area contributed by atoms with Crippen LogP contribution in [0.4, 0.5) is 0 Å². The summed E-state index contributed by atoms with van der Waals surface area (Å²) in [4.78, 5) is 4.26. The predicted molar refractivity (Wildman–Crippen MR) is 77.5 cm³/mol. The summed E-state index contributed by atoms with van der Waals surface area (Å²) in [5.41, 5.74) is 1.11. The quantitative estimate of drug-likeness (QED) is 0.746. The van der Waals surface area contributed by atoms with E-state index in [1.165, 1.54) is 0 Å². The SMILES string of the molecule is CCCNC(c1cncc(OCCC)c1)C(C)OC. The average molecular weight is 266 g/mol. The van der Waals surface area contributed by atoms with Crippen molar-refractivity contribution in [1.82, 2.24) is 10.3 Å². The normalized spacial score (nSPS) is 14.1. The molecule has 0 saturated heterocycles. The Bertz CT molecular complexity index is 358. The Hall–Kier alpha value is -1.13. The molecule has 1 heterocycles. The Morgan fingerprint density at radius 2 is 2.05 bits per heavy atom. The van der Waals surface area contributed by atoms with Crippen LogP contribution in [0.1, 0.15) is 45.2 Å². The summed E-state index contributed by atoms with van der Waals surface area (Å²) < 4.78 is 11.1. The van der Waals surface area contributed by atoms with Gasteiger partial charge in [0.15, 0.2) is 0 Å². The maximum atomic E-state index is 5.63. The second kappa shape index (κ2) is 8.88. The molecular weight excluding hydrogens is 240 g/mol. The number of rotatable bonds is 9. The molecule has 19 heavy (non-hydrogen) atoms. The molecule has 0 radical (unpaired) electrons. The fourth-order valence-corrected chi connectivity index (χ4v) is 1.90. The van der Waals surface area contributed by atoms with Crippen LogP contribution >= 0.6 is 0 Å². The molecular formula is C15H26N2O2. The van der Waals surface area contributed by atoms with Crippen LogP contribution in [0.2, 0.25) is 0 Å². The lowest BCUT2D eigenvalue weighted by molar-refractivity contribution is 0.0828. The van der Waals surface area contributed by atoms with Gasteiger partial charge in [-0.15, -0.1) is 0 Å². The van der Waals surface area contributed by atoms with Crippen molar-refractivity contribution in [2.24, 2.45) is 0 Å². The lowest BCUT2D eigenvalue weighted by Crippen LogP contribution is -2.32. The van der Waals surface area contributed by atoms with Crippen molar-refractivity contribution in [2.75, 3.05) is 20.3 Å². The molecule has 1 aromatic rings. The first-order valence-corrected chi connectivity index (χ1v) is 7.06. The minimum atomic E-state index is 0.0924. The largest absolute Gasteiger partial charge is 0.492 e. The zero-order chi connectivity index (χ0) is 14.1. The highest BCUT2D eigenvalue weighted by molar-refractivity contribution is 5.26. The van der Waals surface area contributed by atoms with E-state index in [0.717, 1.165) is 37.3 Å². The number of hydrogen-bond acceptors (Lipinski definition) is 4. The number of nitrogens with zero attached hydrogens (tertiary/aromatic N) is 1. The summed E-state index contributed by atoms with van der Waals surface area (Å²) in [6.07, 6.45) is 5.81. The van der Waals surface area contributed by atoms with Gasteiger partial charge in [0.1, 0.15) is 5.75 Å². The Morgan fingerprint density at radius 1 is 1.26 bits per heavy atom. The van der Waals surface area contributed by atoms with Gasteiger partial charge in [0, 0.05) is 13.3 Å². The van der Waals surface area contributed by atoms with Gasteiger partial charge in [-0.3, -0.25) is 4.98 Å². The molecule has 0 bridgehead atoms. The highest BCUT2D eigenvalue weighted by Gasteiger charge is 2.19. The lowest BCUT2D eigenvalue weighted by atomic mass is 10.0. The fraction of sp³-hybridized carbons (Fsp3) is 0.667. The van der Waals surface area contributed by atoms with E-state index in [-0.39, 0.29) is 12.1 Å². The third-order valence-electron chi connectivity index (χ3n) is 3.02. The van der Waals surface area contributed by atoms with E-state index in [1.807, 2.05) is 12.3 Å². The van der Waals surface area contributed by atoms with Gasteiger partial charge in [0.25, 0.3) is 0 Å². The van der Waals surface area contributed by atoms with E-state index in [9.17, 15) is 0 Å². The van der Waals surface area contributed by atoms with Crippen LogP contribution in [-0.2, 0) is 4.74 Å². The van der Waals surface area contributed by atoms with Gasteiger partial charge in [-0.2, -0.15) is 0 Å². The predicted octanol–water partition coefficient (Wildman–Crippen LogP) is 2.95. The molecule has 1 aromatic heterocycles. The smallest absolute Gasteiger partial charge is 0.137 e. The van der Waals surface area contributed by atoms with Gasteiger partial charge in [0.2, 0.25) is 0 Å². The zero-order valence-corrected chi connectivity index (χ0v) is 12.5. The Labute approximate surface area is 116 Å². The third kappa shape index (κ3) is 5.17. The molecule has 0 aromatic carbocycles.